The molecule has 150 valence electrons. The van der Waals surface area contributed by atoms with E-state index in [9.17, 15) is 4.79 Å². The molecular formula is C24H17BrO5. The SMILES string of the molecule is O=c1oc2cc(OCc3cc(Br)cc4c3OCOC4)ccc2cc1-c1ccccc1. The van der Waals surface area contributed by atoms with Crippen LogP contribution in [0.4, 0.5) is 0 Å². The van der Waals surface area contributed by atoms with Crippen LogP contribution in [0.3, 0.4) is 0 Å². The van der Waals surface area contributed by atoms with Crippen molar-refractivity contribution in [2.45, 2.75) is 13.2 Å². The number of ether oxygens (including phenoxy) is 3. The second kappa shape index (κ2) is 7.97. The summed E-state index contributed by atoms with van der Waals surface area (Å²) in [5, 5.41) is 0.834. The molecule has 1 aliphatic rings. The van der Waals surface area contributed by atoms with Crippen molar-refractivity contribution in [1.29, 1.82) is 0 Å². The summed E-state index contributed by atoms with van der Waals surface area (Å²) < 4.78 is 23.5. The highest BCUT2D eigenvalue weighted by molar-refractivity contribution is 9.10. The Hall–Kier alpha value is -3.09. The smallest absolute Gasteiger partial charge is 0.344 e. The normalized spacial score (nSPS) is 13.0. The lowest BCUT2D eigenvalue weighted by Crippen LogP contribution is -2.14. The maximum absolute atomic E-state index is 12.5. The zero-order valence-electron chi connectivity index (χ0n) is 15.9. The highest BCUT2D eigenvalue weighted by atomic mass is 79.9. The molecule has 2 heterocycles. The van der Waals surface area contributed by atoms with Crippen molar-refractivity contribution < 1.29 is 18.6 Å². The van der Waals surface area contributed by atoms with E-state index in [2.05, 4.69) is 15.9 Å². The van der Waals surface area contributed by atoms with Crippen LogP contribution in [-0.4, -0.2) is 6.79 Å². The molecule has 6 heteroatoms. The highest BCUT2D eigenvalue weighted by Crippen LogP contribution is 2.33. The Balaban J connectivity index is 1.43. The summed E-state index contributed by atoms with van der Waals surface area (Å²) in [5.41, 5.74) is 3.38. The Morgan fingerprint density at radius 3 is 2.73 bits per heavy atom. The second-order valence-corrected chi connectivity index (χ2v) is 7.88. The molecule has 0 amide bonds. The lowest BCUT2D eigenvalue weighted by Gasteiger charge is -2.21. The van der Waals surface area contributed by atoms with Crippen LogP contribution in [0.1, 0.15) is 11.1 Å². The van der Waals surface area contributed by atoms with Gasteiger partial charge in [0.05, 0.1) is 12.2 Å². The van der Waals surface area contributed by atoms with Gasteiger partial charge in [-0.3, -0.25) is 0 Å². The Morgan fingerprint density at radius 2 is 1.87 bits per heavy atom. The molecule has 0 atom stereocenters. The summed E-state index contributed by atoms with van der Waals surface area (Å²) in [6.45, 7) is 1.05. The third kappa shape index (κ3) is 3.72. The lowest BCUT2D eigenvalue weighted by molar-refractivity contribution is -0.0176. The van der Waals surface area contributed by atoms with Crippen LogP contribution in [0.25, 0.3) is 22.1 Å². The zero-order chi connectivity index (χ0) is 20.5. The van der Waals surface area contributed by atoms with Crippen molar-refractivity contribution in [3.63, 3.8) is 0 Å². The molecule has 0 radical (unpaired) electrons. The van der Waals surface area contributed by atoms with Crippen molar-refractivity contribution in [1.82, 2.24) is 0 Å². The molecule has 5 nitrogen and oxygen atoms in total. The van der Waals surface area contributed by atoms with Gasteiger partial charge in [-0.2, -0.15) is 0 Å². The summed E-state index contributed by atoms with van der Waals surface area (Å²) >= 11 is 3.52. The summed E-state index contributed by atoms with van der Waals surface area (Å²) in [6, 6.07) is 20.8. The second-order valence-electron chi connectivity index (χ2n) is 6.97. The van der Waals surface area contributed by atoms with E-state index in [0.29, 0.717) is 30.1 Å². The van der Waals surface area contributed by atoms with E-state index in [1.807, 2.05) is 60.7 Å². The lowest BCUT2D eigenvalue weighted by atomic mass is 10.1. The first-order valence-corrected chi connectivity index (χ1v) is 10.2. The zero-order valence-corrected chi connectivity index (χ0v) is 17.5. The fourth-order valence-corrected chi connectivity index (χ4v) is 4.08. The van der Waals surface area contributed by atoms with E-state index in [1.54, 1.807) is 6.07 Å². The minimum Gasteiger partial charge on any atom is -0.489 e. The minimum atomic E-state index is -0.375. The van der Waals surface area contributed by atoms with Crippen LogP contribution in [0.5, 0.6) is 11.5 Å². The van der Waals surface area contributed by atoms with Crippen LogP contribution in [-0.2, 0) is 18.0 Å². The molecule has 0 bridgehead atoms. The first-order valence-electron chi connectivity index (χ1n) is 9.45. The third-order valence-corrected chi connectivity index (χ3v) is 5.40. The van der Waals surface area contributed by atoms with Gasteiger partial charge in [-0.05, 0) is 35.9 Å². The van der Waals surface area contributed by atoms with Gasteiger partial charge in [-0.1, -0.05) is 46.3 Å². The minimum absolute atomic E-state index is 0.229. The van der Waals surface area contributed by atoms with Gasteiger partial charge >= 0.3 is 5.63 Å². The van der Waals surface area contributed by atoms with E-state index >= 15 is 0 Å². The number of hydrogen-bond acceptors (Lipinski definition) is 5. The fourth-order valence-electron chi connectivity index (χ4n) is 3.53. The van der Waals surface area contributed by atoms with Crippen molar-refractivity contribution >= 4 is 26.9 Å². The van der Waals surface area contributed by atoms with Crippen LogP contribution < -0.4 is 15.1 Å². The molecular weight excluding hydrogens is 448 g/mol. The van der Waals surface area contributed by atoms with Gasteiger partial charge in [0.15, 0.2) is 6.79 Å². The Kier molecular flexibility index (Phi) is 5.02. The molecule has 0 aliphatic carbocycles. The molecule has 30 heavy (non-hydrogen) atoms. The molecule has 4 aromatic rings. The van der Waals surface area contributed by atoms with Gasteiger partial charge in [0.25, 0.3) is 0 Å². The summed E-state index contributed by atoms with van der Waals surface area (Å²) in [7, 11) is 0. The predicted molar refractivity (Wildman–Crippen MR) is 117 cm³/mol. The largest absolute Gasteiger partial charge is 0.489 e. The van der Waals surface area contributed by atoms with Crippen LogP contribution in [0.15, 0.2) is 80.4 Å². The maximum Gasteiger partial charge on any atom is 0.344 e. The third-order valence-electron chi connectivity index (χ3n) is 4.94. The van der Waals surface area contributed by atoms with Crippen LogP contribution in [0, 0.1) is 0 Å². The molecule has 0 unspecified atom stereocenters. The number of hydrogen-bond donors (Lipinski definition) is 0. The summed E-state index contributed by atoms with van der Waals surface area (Å²) in [6.07, 6.45) is 0. The standard InChI is InChI=1S/C24H17BrO5/c25-19-8-17-12-27-14-29-23(17)18(9-19)13-28-20-7-6-16-10-21(15-4-2-1-3-5-15)24(26)30-22(16)11-20/h1-11H,12-14H2. The van der Waals surface area contributed by atoms with Gasteiger partial charge in [-0.25, -0.2) is 4.79 Å². The molecule has 0 fully saturated rings. The van der Waals surface area contributed by atoms with Gasteiger partial charge in [0.2, 0.25) is 0 Å². The molecule has 0 spiro atoms. The number of rotatable bonds is 4. The summed E-state index contributed by atoms with van der Waals surface area (Å²) in [4.78, 5) is 12.5. The van der Waals surface area contributed by atoms with E-state index in [-0.39, 0.29) is 12.4 Å². The summed E-state index contributed by atoms with van der Waals surface area (Å²) in [5.74, 6) is 1.41. The van der Waals surface area contributed by atoms with Crippen LogP contribution in [0.2, 0.25) is 0 Å². The molecule has 5 rings (SSSR count). The predicted octanol–water partition coefficient (Wildman–Crippen LogP) is 5.67. The monoisotopic (exact) mass is 464 g/mol. The molecule has 1 aliphatic heterocycles. The Morgan fingerprint density at radius 1 is 1.00 bits per heavy atom. The van der Waals surface area contributed by atoms with Gasteiger partial charge in [0.1, 0.15) is 23.7 Å². The molecule has 0 N–H and O–H groups in total. The Bertz CT molecular complexity index is 1280. The fraction of sp³-hybridized carbons (Fsp3) is 0.125. The van der Waals surface area contributed by atoms with Crippen molar-refractivity contribution in [2.75, 3.05) is 6.79 Å². The van der Waals surface area contributed by atoms with Crippen molar-refractivity contribution in [2.24, 2.45) is 0 Å². The quantitative estimate of drug-likeness (QED) is 0.364. The topological polar surface area (TPSA) is 57.9 Å². The first kappa shape index (κ1) is 18.9. The van der Waals surface area contributed by atoms with Crippen molar-refractivity contribution in [3.8, 4) is 22.6 Å². The highest BCUT2D eigenvalue weighted by Gasteiger charge is 2.17. The van der Waals surface area contributed by atoms with Gasteiger partial charge < -0.3 is 18.6 Å². The molecule has 3 aromatic carbocycles. The number of halogens is 1. The Labute approximate surface area is 180 Å². The van der Waals surface area contributed by atoms with Gasteiger partial charge in [0, 0.05) is 27.1 Å². The average Bonchev–Trinajstić information content (AvgIpc) is 2.77. The van der Waals surface area contributed by atoms with E-state index in [4.69, 9.17) is 18.6 Å². The van der Waals surface area contributed by atoms with Crippen molar-refractivity contribution in [3.05, 3.63) is 92.7 Å². The van der Waals surface area contributed by atoms with Crippen LogP contribution >= 0.6 is 15.9 Å². The van der Waals surface area contributed by atoms with E-state index < -0.39 is 0 Å². The molecule has 0 saturated heterocycles. The van der Waals surface area contributed by atoms with E-state index in [1.165, 1.54) is 0 Å². The van der Waals surface area contributed by atoms with Gasteiger partial charge in [-0.15, -0.1) is 0 Å². The number of fused-ring (bicyclic) bond motifs is 2. The number of benzene rings is 3. The van der Waals surface area contributed by atoms with E-state index in [0.717, 1.165) is 32.3 Å². The average molecular weight is 465 g/mol. The molecule has 1 aromatic heterocycles. The first-order chi connectivity index (χ1) is 14.7. The maximum atomic E-state index is 12.5. The molecule has 0 saturated carbocycles.